The first-order chi connectivity index (χ1) is 7.88. The number of aryl methyl sites for hydroxylation is 1. The van der Waals surface area contributed by atoms with Crippen molar-refractivity contribution in [2.24, 2.45) is 5.73 Å². The van der Waals surface area contributed by atoms with E-state index in [0.717, 1.165) is 5.69 Å². The fourth-order valence-corrected chi connectivity index (χ4v) is 1.34. The predicted octanol–water partition coefficient (Wildman–Crippen LogP) is 1.68. The summed E-state index contributed by atoms with van der Waals surface area (Å²) in [5.41, 5.74) is 6.22. The van der Waals surface area contributed by atoms with E-state index in [0.29, 0.717) is 12.8 Å². The lowest BCUT2D eigenvalue weighted by molar-refractivity contribution is -0.156. The molecule has 1 aromatic heterocycles. The van der Waals surface area contributed by atoms with Crippen LogP contribution in [0.4, 0.5) is 0 Å². The van der Waals surface area contributed by atoms with Gasteiger partial charge in [0, 0.05) is 11.9 Å². The van der Waals surface area contributed by atoms with Crippen LogP contribution in [0.25, 0.3) is 0 Å². The van der Waals surface area contributed by atoms with E-state index >= 15 is 0 Å². The fraction of sp³-hybridized carbons (Fsp3) is 0.538. The van der Waals surface area contributed by atoms with Crippen molar-refractivity contribution in [3.63, 3.8) is 0 Å². The van der Waals surface area contributed by atoms with Crippen molar-refractivity contribution in [2.45, 2.75) is 45.3 Å². The number of pyridine rings is 1. The highest BCUT2D eigenvalue weighted by atomic mass is 16.6. The molecule has 0 spiro atoms. The van der Waals surface area contributed by atoms with Crippen molar-refractivity contribution in [3.05, 3.63) is 30.1 Å². The molecule has 0 aliphatic heterocycles. The first kappa shape index (κ1) is 13.6. The van der Waals surface area contributed by atoms with Gasteiger partial charge in [0.15, 0.2) is 0 Å². The van der Waals surface area contributed by atoms with E-state index in [1.807, 2.05) is 39.0 Å². The van der Waals surface area contributed by atoms with Crippen LogP contribution in [0.2, 0.25) is 0 Å². The molecule has 1 heterocycles. The molecular weight excluding hydrogens is 216 g/mol. The quantitative estimate of drug-likeness (QED) is 0.808. The molecule has 1 atom stereocenters. The molecule has 0 saturated heterocycles. The maximum atomic E-state index is 11.6. The highest BCUT2D eigenvalue weighted by Gasteiger charge is 2.21. The van der Waals surface area contributed by atoms with Crippen LogP contribution in [0.5, 0.6) is 0 Å². The molecule has 4 nitrogen and oxygen atoms in total. The SMILES string of the molecule is CC(C)(C)OC(=O)C(N)CCc1ccccn1. The van der Waals surface area contributed by atoms with Gasteiger partial charge in [0.25, 0.3) is 0 Å². The van der Waals surface area contributed by atoms with Crippen LogP contribution in [0, 0.1) is 0 Å². The second-order valence-corrected chi connectivity index (χ2v) is 5.00. The summed E-state index contributed by atoms with van der Waals surface area (Å²) in [4.78, 5) is 15.8. The van der Waals surface area contributed by atoms with Crippen molar-refractivity contribution in [1.82, 2.24) is 4.98 Å². The van der Waals surface area contributed by atoms with E-state index in [9.17, 15) is 4.79 Å². The third-order valence-corrected chi connectivity index (χ3v) is 2.15. The summed E-state index contributed by atoms with van der Waals surface area (Å²) in [7, 11) is 0. The summed E-state index contributed by atoms with van der Waals surface area (Å²) in [6.45, 7) is 5.49. The molecule has 0 amide bonds. The van der Waals surface area contributed by atoms with Gasteiger partial charge in [0.2, 0.25) is 0 Å². The minimum absolute atomic E-state index is 0.353. The van der Waals surface area contributed by atoms with Gasteiger partial charge in [-0.3, -0.25) is 9.78 Å². The van der Waals surface area contributed by atoms with Crippen molar-refractivity contribution in [1.29, 1.82) is 0 Å². The minimum Gasteiger partial charge on any atom is -0.459 e. The number of carbonyl (C=O) groups excluding carboxylic acids is 1. The Morgan fingerprint density at radius 2 is 2.18 bits per heavy atom. The Morgan fingerprint density at radius 3 is 2.71 bits per heavy atom. The smallest absolute Gasteiger partial charge is 0.323 e. The molecule has 0 radical (unpaired) electrons. The molecule has 1 rings (SSSR count). The molecule has 1 aromatic rings. The number of ether oxygens (including phenoxy) is 1. The number of hydrogen-bond acceptors (Lipinski definition) is 4. The molecule has 94 valence electrons. The zero-order valence-electron chi connectivity index (χ0n) is 10.6. The van der Waals surface area contributed by atoms with E-state index in [1.54, 1.807) is 6.20 Å². The average molecular weight is 236 g/mol. The summed E-state index contributed by atoms with van der Waals surface area (Å²) < 4.78 is 5.20. The second kappa shape index (κ2) is 5.77. The van der Waals surface area contributed by atoms with Gasteiger partial charge < -0.3 is 10.5 Å². The molecule has 0 aliphatic rings. The lowest BCUT2D eigenvalue weighted by Crippen LogP contribution is -2.37. The number of rotatable bonds is 4. The molecule has 0 saturated carbocycles. The van der Waals surface area contributed by atoms with Crippen molar-refractivity contribution in [3.8, 4) is 0 Å². The van der Waals surface area contributed by atoms with Crippen LogP contribution in [0.1, 0.15) is 32.9 Å². The maximum absolute atomic E-state index is 11.6. The van der Waals surface area contributed by atoms with Gasteiger partial charge in [-0.2, -0.15) is 0 Å². The van der Waals surface area contributed by atoms with Gasteiger partial charge in [-0.1, -0.05) is 6.07 Å². The molecule has 0 aromatic carbocycles. The van der Waals surface area contributed by atoms with Crippen molar-refractivity contribution >= 4 is 5.97 Å². The summed E-state index contributed by atoms with van der Waals surface area (Å²) in [5.74, 6) is -0.353. The standard InChI is InChI=1S/C13H20N2O2/c1-13(2,3)17-12(16)11(14)8-7-10-6-4-5-9-15-10/h4-6,9,11H,7-8,14H2,1-3H3. The molecule has 2 N–H and O–H groups in total. The molecule has 0 fully saturated rings. The minimum atomic E-state index is -0.587. The third-order valence-electron chi connectivity index (χ3n) is 2.15. The van der Waals surface area contributed by atoms with Crippen LogP contribution in [0.15, 0.2) is 24.4 Å². The van der Waals surface area contributed by atoms with Gasteiger partial charge in [-0.05, 0) is 45.7 Å². The molecule has 1 unspecified atom stereocenters. The van der Waals surface area contributed by atoms with Gasteiger partial charge in [0.05, 0.1) is 0 Å². The summed E-state index contributed by atoms with van der Waals surface area (Å²) in [6.07, 6.45) is 2.96. The van der Waals surface area contributed by atoms with Crippen molar-refractivity contribution in [2.75, 3.05) is 0 Å². The van der Waals surface area contributed by atoms with Gasteiger partial charge in [-0.25, -0.2) is 0 Å². The number of nitrogens with two attached hydrogens (primary N) is 1. The number of nitrogens with zero attached hydrogens (tertiary/aromatic N) is 1. The Morgan fingerprint density at radius 1 is 1.47 bits per heavy atom. The van der Waals surface area contributed by atoms with Crippen LogP contribution >= 0.6 is 0 Å². The Labute approximate surface area is 102 Å². The largest absolute Gasteiger partial charge is 0.459 e. The molecular formula is C13H20N2O2. The topological polar surface area (TPSA) is 65.2 Å². The van der Waals surface area contributed by atoms with E-state index < -0.39 is 11.6 Å². The van der Waals surface area contributed by atoms with Crippen LogP contribution < -0.4 is 5.73 Å². The number of hydrogen-bond donors (Lipinski definition) is 1. The van der Waals surface area contributed by atoms with Crippen LogP contribution in [0.3, 0.4) is 0 Å². The monoisotopic (exact) mass is 236 g/mol. The highest BCUT2D eigenvalue weighted by molar-refractivity contribution is 5.75. The van der Waals surface area contributed by atoms with E-state index in [2.05, 4.69) is 4.98 Å². The lowest BCUT2D eigenvalue weighted by Gasteiger charge is -2.22. The van der Waals surface area contributed by atoms with Crippen molar-refractivity contribution < 1.29 is 9.53 Å². The third kappa shape index (κ3) is 5.45. The van der Waals surface area contributed by atoms with E-state index in [1.165, 1.54) is 0 Å². The zero-order chi connectivity index (χ0) is 12.9. The van der Waals surface area contributed by atoms with E-state index in [-0.39, 0.29) is 5.97 Å². The van der Waals surface area contributed by atoms with E-state index in [4.69, 9.17) is 10.5 Å². The highest BCUT2D eigenvalue weighted by Crippen LogP contribution is 2.10. The first-order valence-corrected chi connectivity index (χ1v) is 5.77. The first-order valence-electron chi connectivity index (χ1n) is 5.77. The fourth-order valence-electron chi connectivity index (χ4n) is 1.34. The molecule has 4 heteroatoms. The Balaban J connectivity index is 2.40. The average Bonchev–Trinajstić information content (AvgIpc) is 2.25. The zero-order valence-corrected chi connectivity index (χ0v) is 10.6. The molecule has 0 aliphatic carbocycles. The van der Waals surface area contributed by atoms with Crippen LogP contribution in [-0.2, 0) is 16.0 Å². The summed E-state index contributed by atoms with van der Waals surface area (Å²) in [5, 5.41) is 0. The molecule has 0 bridgehead atoms. The molecule has 17 heavy (non-hydrogen) atoms. The van der Waals surface area contributed by atoms with Gasteiger partial charge >= 0.3 is 5.97 Å². The number of carbonyl (C=O) groups is 1. The second-order valence-electron chi connectivity index (χ2n) is 5.00. The number of aromatic nitrogens is 1. The summed E-state index contributed by atoms with van der Waals surface area (Å²) in [6, 6.07) is 5.11. The Bertz CT molecular complexity index is 357. The lowest BCUT2D eigenvalue weighted by atomic mass is 10.1. The van der Waals surface area contributed by atoms with Crippen LogP contribution in [-0.4, -0.2) is 22.6 Å². The summed E-state index contributed by atoms with van der Waals surface area (Å²) >= 11 is 0. The normalized spacial score (nSPS) is 13.2. The van der Waals surface area contributed by atoms with Gasteiger partial charge in [-0.15, -0.1) is 0 Å². The predicted molar refractivity (Wildman–Crippen MR) is 66.4 cm³/mol. The van der Waals surface area contributed by atoms with Gasteiger partial charge in [0.1, 0.15) is 11.6 Å². The Hall–Kier alpha value is -1.42. The maximum Gasteiger partial charge on any atom is 0.323 e. The number of esters is 1. The Kier molecular flexibility index (Phi) is 4.63.